The lowest BCUT2D eigenvalue weighted by molar-refractivity contribution is 0.0794. The number of benzene rings is 2. The molecule has 0 amide bonds. The molecule has 0 atom stereocenters. The summed E-state index contributed by atoms with van der Waals surface area (Å²) >= 11 is 5.85. The topological polar surface area (TPSA) is 32.3 Å². The molecule has 0 fully saturated rings. The summed E-state index contributed by atoms with van der Waals surface area (Å²) in [7, 11) is 0. The van der Waals surface area contributed by atoms with E-state index in [2.05, 4.69) is 5.32 Å². The second kappa shape index (κ2) is 5.01. The normalized spacial score (nSPS) is 11.3. The van der Waals surface area contributed by atoms with Crippen LogP contribution in [0, 0.1) is 0 Å². The Bertz CT molecular complexity index is 529. The molecule has 0 aromatic heterocycles. The molecule has 3 heteroatoms. The first kappa shape index (κ1) is 12.9. The van der Waals surface area contributed by atoms with E-state index in [4.69, 9.17) is 11.6 Å². The molecule has 2 aromatic rings. The summed E-state index contributed by atoms with van der Waals surface area (Å²) in [6.45, 7) is 3.55. The number of aliphatic hydroxyl groups is 1. The van der Waals surface area contributed by atoms with Crippen molar-refractivity contribution in [3.8, 4) is 0 Å². The van der Waals surface area contributed by atoms with Crippen molar-refractivity contribution in [2.45, 2.75) is 19.4 Å². The van der Waals surface area contributed by atoms with Crippen molar-refractivity contribution < 1.29 is 5.11 Å². The summed E-state index contributed by atoms with van der Waals surface area (Å²) in [6, 6.07) is 15.2. The van der Waals surface area contributed by atoms with Crippen LogP contribution in [0.4, 0.5) is 11.4 Å². The molecule has 0 aliphatic rings. The zero-order valence-electron chi connectivity index (χ0n) is 10.4. The minimum atomic E-state index is -0.879. The fraction of sp³-hybridized carbons (Fsp3) is 0.200. The maximum absolute atomic E-state index is 10.1. The summed E-state index contributed by atoms with van der Waals surface area (Å²) in [6.07, 6.45) is 0. The molecular weight excluding hydrogens is 246 g/mol. The van der Waals surface area contributed by atoms with Crippen molar-refractivity contribution in [3.63, 3.8) is 0 Å². The van der Waals surface area contributed by atoms with Gasteiger partial charge in [-0.1, -0.05) is 29.8 Å². The Morgan fingerprint density at radius 1 is 1.00 bits per heavy atom. The predicted octanol–water partition coefficient (Wildman–Crippen LogP) is 4.31. The van der Waals surface area contributed by atoms with Crippen LogP contribution in [-0.4, -0.2) is 5.11 Å². The number of anilines is 2. The smallest absolute Gasteiger partial charge is 0.0860 e. The van der Waals surface area contributed by atoms with Crippen molar-refractivity contribution in [1.82, 2.24) is 0 Å². The van der Waals surface area contributed by atoms with Crippen molar-refractivity contribution in [3.05, 3.63) is 59.1 Å². The van der Waals surface area contributed by atoms with Crippen LogP contribution in [0.25, 0.3) is 0 Å². The number of nitrogens with one attached hydrogen (secondary N) is 1. The van der Waals surface area contributed by atoms with Crippen molar-refractivity contribution in [2.24, 2.45) is 0 Å². The van der Waals surface area contributed by atoms with E-state index >= 15 is 0 Å². The Labute approximate surface area is 112 Å². The van der Waals surface area contributed by atoms with Crippen LogP contribution in [0.2, 0.25) is 5.02 Å². The van der Waals surface area contributed by atoms with Gasteiger partial charge in [0.05, 0.1) is 5.60 Å². The van der Waals surface area contributed by atoms with Gasteiger partial charge in [-0.2, -0.15) is 0 Å². The van der Waals surface area contributed by atoms with Gasteiger partial charge in [0, 0.05) is 22.0 Å². The zero-order valence-corrected chi connectivity index (χ0v) is 11.2. The number of hydrogen-bond donors (Lipinski definition) is 2. The molecular formula is C15H16ClNO. The highest BCUT2D eigenvalue weighted by Crippen LogP contribution is 2.29. The number of halogens is 1. The molecule has 0 heterocycles. The number of para-hydroxylation sites is 1. The second-order valence-corrected chi connectivity index (χ2v) is 5.17. The van der Waals surface area contributed by atoms with Gasteiger partial charge in [0.2, 0.25) is 0 Å². The number of rotatable bonds is 3. The van der Waals surface area contributed by atoms with Gasteiger partial charge in [-0.05, 0) is 44.2 Å². The van der Waals surface area contributed by atoms with Gasteiger partial charge in [-0.15, -0.1) is 0 Å². The fourth-order valence-electron chi connectivity index (χ4n) is 1.81. The van der Waals surface area contributed by atoms with Gasteiger partial charge in [-0.3, -0.25) is 0 Å². The molecule has 0 aliphatic carbocycles. The molecule has 2 nitrogen and oxygen atoms in total. The van der Waals surface area contributed by atoms with Crippen molar-refractivity contribution >= 4 is 23.0 Å². The predicted molar refractivity (Wildman–Crippen MR) is 76.4 cm³/mol. The summed E-state index contributed by atoms with van der Waals surface area (Å²) in [4.78, 5) is 0. The molecule has 0 aliphatic heterocycles. The third-order valence-corrected chi connectivity index (χ3v) is 2.96. The highest BCUT2D eigenvalue weighted by molar-refractivity contribution is 6.30. The molecule has 94 valence electrons. The van der Waals surface area contributed by atoms with E-state index in [1.165, 1.54) is 0 Å². The van der Waals surface area contributed by atoms with Gasteiger partial charge in [-0.25, -0.2) is 0 Å². The highest BCUT2D eigenvalue weighted by Gasteiger charge is 2.19. The van der Waals surface area contributed by atoms with Crippen LogP contribution < -0.4 is 5.32 Å². The summed E-state index contributed by atoms with van der Waals surface area (Å²) in [5.41, 5.74) is 1.82. The first-order valence-corrected chi connectivity index (χ1v) is 6.19. The molecule has 0 spiro atoms. The van der Waals surface area contributed by atoms with E-state index in [1.807, 2.05) is 48.5 Å². The fourth-order valence-corrected chi connectivity index (χ4v) is 1.94. The molecule has 18 heavy (non-hydrogen) atoms. The maximum Gasteiger partial charge on any atom is 0.0860 e. The molecule has 0 unspecified atom stereocenters. The first-order valence-electron chi connectivity index (χ1n) is 5.81. The van der Waals surface area contributed by atoms with Gasteiger partial charge >= 0.3 is 0 Å². The van der Waals surface area contributed by atoms with Crippen molar-refractivity contribution in [1.29, 1.82) is 0 Å². The molecule has 0 saturated heterocycles. The third kappa shape index (κ3) is 3.03. The lowest BCUT2D eigenvalue weighted by Crippen LogP contribution is -2.17. The highest BCUT2D eigenvalue weighted by atomic mass is 35.5. The SMILES string of the molecule is CC(C)(O)c1ccccc1Nc1ccc(Cl)cc1. The van der Waals surface area contributed by atoms with E-state index in [1.54, 1.807) is 13.8 Å². The van der Waals surface area contributed by atoms with E-state index in [-0.39, 0.29) is 0 Å². The molecule has 0 bridgehead atoms. The lowest BCUT2D eigenvalue weighted by atomic mass is 9.96. The summed E-state index contributed by atoms with van der Waals surface area (Å²) in [5, 5.41) is 14.1. The molecule has 2 rings (SSSR count). The van der Waals surface area contributed by atoms with Gasteiger partial charge in [0.1, 0.15) is 0 Å². The average molecular weight is 262 g/mol. The van der Waals surface area contributed by atoms with E-state index in [9.17, 15) is 5.11 Å². The molecule has 2 aromatic carbocycles. The first-order chi connectivity index (χ1) is 8.47. The van der Waals surface area contributed by atoms with Gasteiger partial charge < -0.3 is 10.4 Å². The Kier molecular flexibility index (Phi) is 3.60. The van der Waals surface area contributed by atoms with Crippen LogP contribution in [0.3, 0.4) is 0 Å². The summed E-state index contributed by atoms with van der Waals surface area (Å²) < 4.78 is 0. The second-order valence-electron chi connectivity index (χ2n) is 4.74. The standard InChI is InChI=1S/C15H16ClNO/c1-15(2,18)13-5-3-4-6-14(13)17-12-9-7-11(16)8-10-12/h3-10,17-18H,1-2H3. The Hall–Kier alpha value is -1.51. The van der Waals surface area contributed by atoms with Crippen molar-refractivity contribution in [2.75, 3.05) is 5.32 Å². The van der Waals surface area contributed by atoms with Gasteiger partial charge in [0.25, 0.3) is 0 Å². The van der Waals surface area contributed by atoms with Crippen LogP contribution in [-0.2, 0) is 5.60 Å². The quantitative estimate of drug-likeness (QED) is 0.863. The monoisotopic (exact) mass is 261 g/mol. The van der Waals surface area contributed by atoms with Gasteiger partial charge in [0.15, 0.2) is 0 Å². The average Bonchev–Trinajstić information content (AvgIpc) is 2.31. The maximum atomic E-state index is 10.1. The Morgan fingerprint density at radius 2 is 1.61 bits per heavy atom. The molecule has 0 saturated carbocycles. The Balaban J connectivity index is 2.32. The molecule has 2 N–H and O–H groups in total. The largest absolute Gasteiger partial charge is 0.386 e. The van der Waals surface area contributed by atoms with E-state index in [0.29, 0.717) is 5.02 Å². The van der Waals surface area contributed by atoms with E-state index in [0.717, 1.165) is 16.9 Å². The lowest BCUT2D eigenvalue weighted by Gasteiger charge is -2.22. The van der Waals surface area contributed by atoms with Crippen LogP contribution >= 0.6 is 11.6 Å². The molecule has 0 radical (unpaired) electrons. The minimum absolute atomic E-state index is 0.705. The van der Waals surface area contributed by atoms with Crippen LogP contribution in [0.1, 0.15) is 19.4 Å². The third-order valence-electron chi connectivity index (χ3n) is 2.71. The number of hydrogen-bond acceptors (Lipinski definition) is 2. The van der Waals surface area contributed by atoms with E-state index < -0.39 is 5.60 Å². The van der Waals surface area contributed by atoms with Crippen LogP contribution in [0.5, 0.6) is 0 Å². The van der Waals surface area contributed by atoms with Crippen LogP contribution in [0.15, 0.2) is 48.5 Å². The minimum Gasteiger partial charge on any atom is -0.386 e. The zero-order chi connectivity index (χ0) is 13.2. The Morgan fingerprint density at radius 3 is 2.22 bits per heavy atom. The summed E-state index contributed by atoms with van der Waals surface area (Å²) in [5.74, 6) is 0.